The first-order valence-corrected chi connectivity index (χ1v) is 7.39. The maximum Gasteiger partial charge on any atom is 0.0554 e. The summed E-state index contributed by atoms with van der Waals surface area (Å²) in [6.07, 6.45) is 0. The summed E-state index contributed by atoms with van der Waals surface area (Å²) in [6, 6.07) is 9.33. The molecular formula is C14H19NOS. The van der Waals surface area contributed by atoms with Crippen molar-refractivity contribution in [3.63, 3.8) is 0 Å². The number of fused-ring (bicyclic) bond motifs is 1. The smallest absolute Gasteiger partial charge is 0.0554 e. The van der Waals surface area contributed by atoms with E-state index in [9.17, 15) is 0 Å². The summed E-state index contributed by atoms with van der Waals surface area (Å²) in [5, 5.41) is 3.72. The summed E-state index contributed by atoms with van der Waals surface area (Å²) in [7, 11) is 0. The first-order chi connectivity index (χ1) is 8.27. The van der Waals surface area contributed by atoms with Crippen LogP contribution in [0.15, 0.2) is 24.3 Å². The molecule has 1 atom stereocenters. The Labute approximate surface area is 107 Å². The summed E-state index contributed by atoms with van der Waals surface area (Å²) < 4.78 is 5.30. The molecule has 0 aliphatic carbocycles. The third-order valence-corrected chi connectivity index (χ3v) is 4.73. The van der Waals surface area contributed by atoms with E-state index in [-0.39, 0.29) is 0 Å². The number of benzene rings is 1. The fourth-order valence-electron chi connectivity index (χ4n) is 2.47. The van der Waals surface area contributed by atoms with Crippen LogP contribution in [-0.2, 0) is 10.5 Å². The van der Waals surface area contributed by atoms with Crippen LogP contribution < -0.4 is 5.32 Å². The standard InChI is InChI=1S/C14H19NOS/c1-14(9-16-10-14)8-15-13-7-17-6-11-4-2-3-5-12(11)13/h2-5,13,15H,6-10H2,1H3. The van der Waals surface area contributed by atoms with Crippen LogP contribution in [0.1, 0.15) is 24.1 Å². The Kier molecular flexibility index (Phi) is 3.16. The van der Waals surface area contributed by atoms with Crippen molar-refractivity contribution in [2.45, 2.75) is 18.7 Å². The van der Waals surface area contributed by atoms with E-state index in [1.54, 1.807) is 0 Å². The number of hydrogen-bond acceptors (Lipinski definition) is 3. The molecule has 1 unspecified atom stereocenters. The van der Waals surface area contributed by atoms with E-state index in [0.717, 1.165) is 25.5 Å². The molecule has 0 spiro atoms. The van der Waals surface area contributed by atoms with E-state index in [1.165, 1.54) is 16.9 Å². The summed E-state index contributed by atoms with van der Waals surface area (Å²) in [5.74, 6) is 2.35. The molecule has 0 bridgehead atoms. The van der Waals surface area contributed by atoms with Crippen molar-refractivity contribution in [2.75, 3.05) is 25.5 Å². The van der Waals surface area contributed by atoms with Crippen molar-refractivity contribution >= 4 is 11.8 Å². The van der Waals surface area contributed by atoms with Gasteiger partial charge in [0, 0.05) is 29.5 Å². The lowest BCUT2D eigenvalue weighted by Gasteiger charge is -2.40. The number of thioether (sulfide) groups is 1. The lowest BCUT2D eigenvalue weighted by Crippen LogP contribution is -2.48. The van der Waals surface area contributed by atoms with Gasteiger partial charge in [-0.1, -0.05) is 31.2 Å². The minimum absolute atomic E-state index is 0.358. The highest BCUT2D eigenvalue weighted by molar-refractivity contribution is 7.98. The third-order valence-electron chi connectivity index (χ3n) is 3.65. The van der Waals surface area contributed by atoms with Gasteiger partial charge in [0.05, 0.1) is 13.2 Å². The highest BCUT2D eigenvalue weighted by Gasteiger charge is 2.34. The maximum atomic E-state index is 5.30. The van der Waals surface area contributed by atoms with Crippen LogP contribution in [0.2, 0.25) is 0 Å². The predicted octanol–water partition coefficient (Wildman–Crippen LogP) is 2.60. The summed E-state index contributed by atoms with van der Waals surface area (Å²) in [4.78, 5) is 0. The van der Waals surface area contributed by atoms with E-state index in [1.807, 2.05) is 11.8 Å². The van der Waals surface area contributed by atoms with Crippen molar-refractivity contribution < 1.29 is 4.74 Å². The molecule has 0 aromatic heterocycles. The number of hydrogen-bond donors (Lipinski definition) is 1. The van der Waals surface area contributed by atoms with E-state index < -0.39 is 0 Å². The quantitative estimate of drug-likeness (QED) is 0.889. The van der Waals surface area contributed by atoms with Gasteiger partial charge in [0.2, 0.25) is 0 Å². The van der Waals surface area contributed by atoms with Crippen LogP contribution in [0.4, 0.5) is 0 Å². The first-order valence-electron chi connectivity index (χ1n) is 6.24. The lowest BCUT2D eigenvalue weighted by atomic mass is 9.88. The van der Waals surface area contributed by atoms with E-state index >= 15 is 0 Å². The van der Waals surface area contributed by atoms with Crippen LogP contribution in [0, 0.1) is 5.41 Å². The van der Waals surface area contributed by atoms with Gasteiger partial charge in [-0.25, -0.2) is 0 Å². The second-order valence-electron chi connectivity index (χ2n) is 5.45. The SMILES string of the molecule is CC1(CNC2CSCc3ccccc32)COC1. The maximum absolute atomic E-state index is 5.30. The summed E-state index contributed by atoms with van der Waals surface area (Å²) in [6.45, 7) is 5.17. The average Bonchev–Trinajstić information content (AvgIpc) is 2.34. The lowest BCUT2D eigenvalue weighted by molar-refractivity contribution is -0.0998. The highest BCUT2D eigenvalue weighted by Crippen LogP contribution is 2.33. The third kappa shape index (κ3) is 2.37. The molecular weight excluding hydrogens is 230 g/mol. The molecule has 2 aliphatic rings. The fraction of sp³-hybridized carbons (Fsp3) is 0.571. The average molecular weight is 249 g/mol. The fourth-order valence-corrected chi connectivity index (χ4v) is 3.61. The molecule has 1 aromatic carbocycles. The van der Waals surface area contributed by atoms with Crippen molar-refractivity contribution in [3.05, 3.63) is 35.4 Å². The van der Waals surface area contributed by atoms with Crippen molar-refractivity contribution in [1.82, 2.24) is 5.32 Å². The topological polar surface area (TPSA) is 21.3 Å². The normalized spacial score (nSPS) is 26.1. The number of rotatable bonds is 3. The molecule has 1 aromatic rings. The van der Waals surface area contributed by atoms with Gasteiger partial charge in [-0.2, -0.15) is 11.8 Å². The molecule has 0 radical (unpaired) electrons. The van der Waals surface area contributed by atoms with Crippen LogP contribution in [-0.4, -0.2) is 25.5 Å². The van der Waals surface area contributed by atoms with Crippen molar-refractivity contribution in [1.29, 1.82) is 0 Å². The second-order valence-corrected chi connectivity index (χ2v) is 6.48. The minimum Gasteiger partial charge on any atom is -0.380 e. The molecule has 0 amide bonds. The monoisotopic (exact) mass is 249 g/mol. The van der Waals surface area contributed by atoms with Crippen molar-refractivity contribution in [3.8, 4) is 0 Å². The van der Waals surface area contributed by atoms with Gasteiger partial charge in [0.1, 0.15) is 0 Å². The summed E-state index contributed by atoms with van der Waals surface area (Å²) >= 11 is 2.03. The highest BCUT2D eigenvalue weighted by atomic mass is 32.2. The zero-order valence-corrected chi connectivity index (χ0v) is 11.1. The van der Waals surface area contributed by atoms with Gasteiger partial charge >= 0.3 is 0 Å². The molecule has 1 saturated heterocycles. The van der Waals surface area contributed by atoms with Gasteiger partial charge in [0.15, 0.2) is 0 Å². The van der Waals surface area contributed by atoms with Crippen LogP contribution in [0.3, 0.4) is 0 Å². The van der Waals surface area contributed by atoms with E-state index in [0.29, 0.717) is 11.5 Å². The number of nitrogens with one attached hydrogen (secondary N) is 1. The van der Waals surface area contributed by atoms with Gasteiger partial charge in [-0.15, -0.1) is 0 Å². The Balaban J connectivity index is 1.68. The Hall–Kier alpha value is -0.510. The van der Waals surface area contributed by atoms with Gasteiger partial charge in [-0.3, -0.25) is 0 Å². The van der Waals surface area contributed by atoms with E-state index in [4.69, 9.17) is 4.74 Å². The molecule has 2 heterocycles. The first kappa shape index (κ1) is 11.6. The zero-order chi connectivity index (χ0) is 11.7. The van der Waals surface area contributed by atoms with Crippen LogP contribution in [0.25, 0.3) is 0 Å². The Morgan fingerprint density at radius 2 is 2.24 bits per heavy atom. The Morgan fingerprint density at radius 1 is 1.41 bits per heavy atom. The van der Waals surface area contributed by atoms with Crippen LogP contribution >= 0.6 is 11.8 Å². The molecule has 1 fully saturated rings. The van der Waals surface area contributed by atoms with Gasteiger partial charge in [-0.05, 0) is 11.1 Å². The molecule has 0 saturated carbocycles. The predicted molar refractivity (Wildman–Crippen MR) is 72.3 cm³/mol. The van der Waals surface area contributed by atoms with E-state index in [2.05, 4.69) is 36.5 Å². The van der Waals surface area contributed by atoms with Crippen LogP contribution in [0.5, 0.6) is 0 Å². The molecule has 2 aliphatic heterocycles. The van der Waals surface area contributed by atoms with Gasteiger partial charge in [0.25, 0.3) is 0 Å². The largest absolute Gasteiger partial charge is 0.380 e. The molecule has 92 valence electrons. The molecule has 3 heteroatoms. The minimum atomic E-state index is 0.358. The Bertz CT molecular complexity index is 403. The number of ether oxygens (including phenoxy) is 1. The molecule has 1 N–H and O–H groups in total. The molecule has 3 rings (SSSR count). The van der Waals surface area contributed by atoms with Gasteiger partial charge < -0.3 is 10.1 Å². The Morgan fingerprint density at radius 3 is 3.00 bits per heavy atom. The summed E-state index contributed by atoms with van der Waals surface area (Å²) in [5.41, 5.74) is 3.35. The van der Waals surface area contributed by atoms with Crippen molar-refractivity contribution in [2.24, 2.45) is 5.41 Å². The zero-order valence-electron chi connectivity index (χ0n) is 10.2. The molecule has 2 nitrogen and oxygen atoms in total. The second kappa shape index (κ2) is 4.63. The molecule has 17 heavy (non-hydrogen) atoms.